The predicted octanol–water partition coefficient (Wildman–Crippen LogP) is 3.02. The van der Waals surface area contributed by atoms with Crippen LogP contribution in [0.3, 0.4) is 0 Å². The van der Waals surface area contributed by atoms with Crippen LogP contribution >= 0.6 is 0 Å². The summed E-state index contributed by atoms with van der Waals surface area (Å²) in [7, 11) is 0. The van der Waals surface area contributed by atoms with Crippen LogP contribution in [0.4, 0.5) is 5.82 Å². The van der Waals surface area contributed by atoms with Crippen molar-refractivity contribution in [1.29, 1.82) is 0 Å². The van der Waals surface area contributed by atoms with E-state index in [-0.39, 0.29) is 11.7 Å². The standard InChI is InChI=1S/C22H27N3O3/c1-16-23-9-4-21(24-16)25-10-7-22(8-11-25)20-3-2-18(14-17(20)5-13-27-22)28-19-6-12-26-15-19/h2-4,9,14,19H,5-8,10-13,15H2,1H3. The third kappa shape index (κ3) is 3.35. The van der Waals surface area contributed by atoms with E-state index in [1.54, 1.807) is 0 Å². The summed E-state index contributed by atoms with van der Waals surface area (Å²) in [5.41, 5.74) is 2.53. The average Bonchev–Trinajstić information content (AvgIpc) is 3.22. The van der Waals surface area contributed by atoms with Gasteiger partial charge >= 0.3 is 0 Å². The molecule has 6 nitrogen and oxygen atoms in total. The van der Waals surface area contributed by atoms with Gasteiger partial charge in [-0.1, -0.05) is 6.07 Å². The molecule has 6 heteroatoms. The molecule has 0 aliphatic carbocycles. The normalized spacial score (nSPS) is 23.6. The second kappa shape index (κ2) is 7.33. The Bertz CT molecular complexity index is 843. The number of anilines is 1. The van der Waals surface area contributed by atoms with Crippen molar-refractivity contribution in [3.05, 3.63) is 47.4 Å². The lowest BCUT2D eigenvalue weighted by Crippen LogP contribution is -2.47. The molecule has 0 amide bonds. The molecule has 5 rings (SSSR count). The molecule has 148 valence electrons. The van der Waals surface area contributed by atoms with E-state index in [4.69, 9.17) is 14.2 Å². The summed E-state index contributed by atoms with van der Waals surface area (Å²) in [5.74, 6) is 2.79. The zero-order chi connectivity index (χ0) is 19.0. The Hall–Kier alpha value is -2.18. The van der Waals surface area contributed by atoms with Crippen LogP contribution in [0.15, 0.2) is 30.5 Å². The van der Waals surface area contributed by atoms with Gasteiger partial charge in [0, 0.05) is 25.7 Å². The highest BCUT2D eigenvalue weighted by atomic mass is 16.5. The lowest BCUT2D eigenvalue weighted by atomic mass is 9.79. The fourth-order valence-corrected chi connectivity index (χ4v) is 4.66. The van der Waals surface area contributed by atoms with Crippen molar-refractivity contribution in [3.8, 4) is 5.75 Å². The zero-order valence-corrected chi connectivity index (χ0v) is 16.4. The molecule has 28 heavy (non-hydrogen) atoms. The maximum absolute atomic E-state index is 6.39. The molecule has 2 aromatic rings. The van der Waals surface area contributed by atoms with Crippen LogP contribution in [0, 0.1) is 6.92 Å². The molecule has 1 aromatic heterocycles. The summed E-state index contributed by atoms with van der Waals surface area (Å²) >= 11 is 0. The van der Waals surface area contributed by atoms with Crippen molar-refractivity contribution < 1.29 is 14.2 Å². The third-order valence-corrected chi connectivity index (χ3v) is 6.16. The van der Waals surface area contributed by atoms with E-state index in [0.717, 1.165) is 69.4 Å². The van der Waals surface area contributed by atoms with Gasteiger partial charge in [-0.15, -0.1) is 0 Å². The molecular weight excluding hydrogens is 354 g/mol. The first-order valence-electron chi connectivity index (χ1n) is 10.3. The van der Waals surface area contributed by atoms with E-state index in [1.165, 1.54) is 11.1 Å². The predicted molar refractivity (Wildman–Crippen MR) is 106 cm³/mol. The molecule has 0 radical (unpaired) electrons. The lowest BCUT2D eigenvalue weighted by molar-refractivity contribution is -0.0767. The molecule has 0 bridgehead atoms. The molecule has 1 unspecified atom stereocenters. The number of aryl methyl sites for hydroxylation is 1. The van der Waals surface area contributed by atoms with Crippen molar-refractivity contribution >= 4 is 5.82 Å². The molecule has 2 saturated heterocycles. The van der Waals surface area contributed by atoms with E-state index >= 15 is 0 Å². The first kappa shape index (κ1) is 17.9. The number of fused-ring (bicyclic) bond motifs is 2. The number of ether oxygens (including phenoxy) is 3. The maximum atomic E-state index is 6.39. The van der Waals surface area contributed by atoms with E-state index in [1.807, 2.05) is 19.2 Å². The smallest absolute Gasteiger partial charge is 0.132 e. The zero-order valence-electron chi connectivity index (χ0n) is 16.4. The summed E-state index contributed by atoms with van der Waals surface area (Å²) in [6, 6.07) is 8.55. The minimum atomic E-state index is -0.179. The molecule has 4 heterocycles. The van der Waals surface area contributed by atoms with Gasteiger partial charge in [0.1, 0.15) is 23.5 Å². The van der Waals surface area contributed by atoms with Gasteiger partial charge in [0.05, 0.1) is 25.4 Å². The lowest BCUT2D eigenvalue weighted by Gasteiger charge is -2.45. The van der Waals surface area contributed by atoms with Crippen molar-refractivity contribution in [1.82, 2.24) is 9.97 Å². The Morgan fingerprint density at radius 1 is 1.18 bits per heavy atom. The number of piperidine rings is 1. The SMILES string of the molecule is Cc1nccc(N2CCC3(CC2)OCCc2cc(OC4CCOC4)ccc23)n1. The van der Waals surface area contributed by atoms with Gasteiger partial charge in [0.2, 0.25) is 0 Å². The van der Waals surface area contributed by atoms with Gasteiger partial charge in [0.15, 0.2) is 0 Å². The van der Waals surface area contributed by atoms with Gasteiger partial charge in [0.25, 0.3) is 0 Å². The summed E-state index contributed by atoms with van der Waals surface area (Å²) in [4.78, 5) is 11.1. The number of aromatic nitrogens is 2. The topological polar surface area (TPSA) is 56.7 Å². The van der Waals surface area contributed by atoms with Crippen LogP contribution in [0.5, 0.6) is 5.75 Å². The number of rotatable bonds is 3. The Balaban J connectivity index is 1.33. The van der Waals surface area contributed by atoms with Crippen LogP contribution in [0.2, 0.25) is 0 Å². The minimum absolute atomic E-state index is 0.179. The summed E-state index contributed by atoms with van der Waals surface area (Å²) < 4.78 is 17.9. The van der Waals surface area contributed by atoms with E-state index in [9.17, 15) is 0 Å². The highest BCUT2D eigenvalue weighted by molar-refractivity contribution is 5.44. The first-order valence-corrected chi connectivity index (χ1v) is 10.3. The van der Waals surface area contributed by atoms with E-state index < -0.39 is 0 Å². The van der Waals surface area contributed by atoms with Crippen LogP contribution in [0.1, 0.15) is 36.2 Å². The largest absolute Gasteiger partial charge is 0.488 e. The van der Waals surface area contributed by atoms with Gasteiger partial charge in [-0.05, 0) is 55.5 Å². The Labute approximate surface area is 165 Å². The summed E-state index contributed by atoms with van der Waals surface area (Å²) in [6.07, 6.45) is 5.89. The molecule has 1 aromatic carbocycles. The number of benzene rings is 1. The summed E-state index contributed by atoms with van der Waals surface area (Å²) in [6.45, 7) is 6.08. The summed E-state index contributed by atoms with van der Waals surface area (Å²) in [5, 5.41) is 0. The molecule has 3 aliphatic rings. The second-order valence-electron chi connectivity index (χ2n) is 7.96. The van der Waals surface area contributed by atoms with E-state index in [2.05, 4.69) is 33.1 Å². The van der Waals surface area contributed by atoms with Crippen molar-refractivity contribution in [3.63, 3.8) is 0 Å². The average molecular weight is 381 g/mol. The van der Waals surface area contributed by atoms with Crippen molar-refractivity contribution in [2.24, 2.45) is 0 Å². The monoisotopic (exact) mass is 381 g/mol. The van der Waals surface area contributed by atoms with Crippen LogP contribution in [-0.4, -0.2) is 49.0 Å². The van der Waals surface area contributed by atoms with Gasteiger partial charge in [-0.25, -0.2) is 9.97 Å². The number of nitrogens with zero attached hydrogens (tertiary/aromatic N) is 3. The molecule has 1 atom stereocenters. The molecular formula is C22H27N3O3. The van der Waals surface area contributed by atoms with Crippen molar-refractivity contribution in [2.45, 2.75) is 44.3 Å². The second-order valence-corrected chi connectivity index (χ2v) is 7.96. The number of hydrogen-bond acceptors (Lipinski definition) is 6. The molecule has 3 aliphatic heterocycles. The molecule has 1 spiro atoms. The van der Waals surface area contributed by atoms with E-state index in [0.29, 0.717) is 6.61 Å². The highest BCUT2D eigenvalue weighted by Crippen LogP contribution is 2.43. The minimum Gasteiger partial charge on any atom is -0.488 e. The van der Waals surface area contributed by atoms with Gasteiger partial charge < -0.3 is 19.1 Å². The van der Waals surface area contributed by atoms with Gasteiger partial charge in [-0.2, -0.15) is 0 Å². The van der Waals surface area contributed by atoms with Gasteiger partial charge in [-0.3, -0.25) is 0 Å². The Kier molecular flexibility index (Phi) is 4.69. The molecule has 0 N–H and O–H groups in total. The van der Waals surface area contributed by atoms with Crippen LogP contribution in [0.25, 0.3) is 0 Å². The third-order valence-electron chi connectivity index (χ3n) is 6.16. The first-order chi connectivity index (χ1) is 13.7. The van der Waals surface area contributed by atoms with Crippen LogP contribution < -0.4 is 9.64 Å². The highest BCUT2D eigenvalue weighted by Gasteiger charge is 2.41. The Morgan fingerprint density at radius 2 is 2.07 bits per heavy atom. The van der Waals surface area contributed by atoms with Crippen molar-refractivity contribution in [2.75, 3.05) is 37.8 Å². The number of hydrogen-bond donors (Lipinski definition) is 0. The van der Waals surface area contributed by atoms with Crippen LogP contribution in [-0.2, 0) is 21.5 Å². The quantitative estimate of drug-likeness (QED) is 0.815. The Morgan fingerprint density at radius 3 is 2.86 bits per heavy atom. The maximum Gasteiger partial charge on any atom is 0.132 e. The fourth-order valence-electron chi connectivity index (χ4n) is 4.66. The molecule has 0 saturated carbocycles. The molecule has 2 fully saturated rings. The fraction of sp³-hybridized carbons (Fsp3) is 0.545.